The van der Waals surface area contributed by atoms with E-state index in [0.717, 1.165) is 19.3 Å². The van der Waals surface area contributed by atoms with Crippen LogP contribution in [0.1, 0.15) is 42.2 Å². The lowest BCUT2D eigenvalue weighted by Gasteiger charge is -2.32. The van der Waals surface area contributed by atoms with Gasteiger partial charge in [0.2, 0.25) is 0 Å². The number of carbonyl (C=O) groups is 2. The molecule has 1 aliphatic rings. The molecule has 0 aliphatic carbocycles. The van der Waals surface area contributed by atoms with Crippen molar-refractivity contribution in [3.63, 3.8) is 0 Å². The summed E-state index contributed by atoms with van der Waals surface area (Å²) in [6.07, 6.45) is 4.28. The average molecular weight is 401 g/mol. The van der Waals surface area contributed by atoms with Crippen molar-refractivity contribution >= 4 is 17.6 Å². The van der Waals surface area contributed by atoms with Gasteiger partial charge in [-0.15, -0.1) is 0 Å². The topological polar surface area (TPSA) is 79.3 Å². The van der Waals surface area contributed by atoms with E-state index < -0.39 is 0 Å². The molecule has 2 N–H and O–H groups in total. The summed E-state index contributed by atoms with van der Waals surface area (Å²) in [6, 6.07) is 6.21. The van der Waals surface area contributed by atoms with E-state index in [0.29, 0.717) is 49.0 Å². The van der Waals surface area contributed by atoms with Crippen molar-refractivity contribution in [1.29, 1.82) is 0 Å². The molecule has 0 spiro atoms. The highest BCUT2D eigenvalue weighted by Gasteiger charge is 2.23. The van der Waals surface area contributed by atoms with Crippen molar-refractivity contribution in [1.82, 2.24) is 20.0 Å². The van der Waals surface area contributed by atoms with Crippen LogP contribution in [0.4, 0.5) is 14.9 Å². The van der Waals surface area contributed by atoms with E-state index in [1.807, 2.05) is 6.92 Å². The van der Waals surface area contributed by atoms with Gasteiger partial charge in [-0.05, 0) is 62.8 Å². The van der Waals surface area contributed by atoms with E-state index in [1.54, 1.807) is 40.9 Å². The van der Waals surface area contributed by atoms with Crippen LogP contribution in [0.25, 0.3) is 0 Å². The van der Waals surface area contributed by atoms with Crippen LogP contribution >= 0.6 is 0 Å². The molecule has 3 rings (SSSR count). The Morgan fingerprint density at radius 2 is 2.00 bits per heavy atom. The fourth-order valence-electron chi connectivity index (χ4n) is 3.56. The maximum Gasteiger partial charge on any atom is 0.321 e. The molecule has 0 bridgehead atoms. The van der Waals surface area contributed by atoms with Gasteiger partial charge < -0.3 is 15.5 Å². The largest absolute Gasteiger partial charge is 0.351 e. The second-order valence-electron chi connectivity index (χ2n) is 7.40. The van der Waals surface area contributed by atoms with Crippen LogP contribution in [0.15, 0.2) is 30.5 Å². The molecule has 2 heterocycles. The number of halogens is 1. The molecule has 0 atom stereocenters. The summed E-state index contributed by atoms with van der Waals surface area (Å²) < 4.78 is 15.3. The Morgan fingerprint density at radius 3 is 2.69 bits per heavy atom. The third-order valence-corrected chi connectivity index (χ3v) is 5.41. The Kier molecular flexibility index (Phi) is 6.85. The normalized spacial score (nSPS) is 14.7. The lowest BCUT2D eigenvalue weighted by Crippen LogP contribution is -2.41. The fourth-order valence-corrected chi connectivity index (χ4v) is 3.56. The minimum atomic E-state index is -0.328. The molecule has 0 saturated carbocycles. The smallest absolute Gasteiger partial charge is 0.321 e. The van der Waals surface area contributed by atoms with Crippen LogP contribution in [-0.4, -0.2) is 46.3 Å². The number of aryl methyl sites for hydroxylation is 2. The van der Waals surface area contributed by atoms with Crippen LogP contribution in [0.5, 0.6) is 0 Å². The summed E-state index contributed by atoms with van der Waals surface area (Å²) in [5.74, 6) is 0.0318. The third-order valence-electron chi connectivity index (χ3n) is 5.41. The molecule has 29 heavy (non-hydrogen) atoms. The van der Waals surface area contributed by atoms with Gasteiger partial charge in [0.1, 0.15) is 11.5 Å². The van der Waals surface area contributed by atoms with Crippen molar-refractivity contribution in [3.8, 4) is 0 Å². The Bertz CT molecular complexity index is 859. The second kappa shape index (κ2) is 9.54. The van der Waals surface area contributed by atoms with Crippen LogP contribution in [0.3, 0.4) is 0 Å². The van der Waals surface area contributed by atoms with Gasteiger partial charge in [0, 0.05) is 38.1 Å². The lowest BCUT2D eigenvalue weighted by molar-refractivity contribution is 0.0939. The van der Waals surface area contributed by atoms with Gasteiger partial charge in [-0.3, -0.25) is 9.48 Å². The first-order chi connectivity index (χ1) is 14.0. The Labute approximate surface area is 170 Å². The number of benzene rings is 1. The Morgan fingerprint density at radius 1 is 1.24 bits per heavy atom. The molecule has 7 nitrogen and oxygen atoms in total. The molecule has 8 heteroatoms. The van der Waals surface area contributed by atoms with Crippen LogP contribution < -0.4 is 10.6 Å². The van der Waals surface area contributed by atoms with E-state index in [9.17, 15) is 14.0 Å². The molecule has 3 amide bonds. The molecule has 156 valence electrons. The number of nitrogens with zero attached hydrogens (tertiary/aromatic N) is 3. The third kappa shape index (κ3) is 5.34. The molecule has 1 aliphatic heterocycles. The van der Waals surface area contributed by atoms with Crippen molar-refractivity contribution in [2.24, 2.45) is 5.92 Å². The van der Waals surface area contributed by atoms with E-state index in [-0.39, 0.29) is 17.8 Å². The van der Waals surface area contributed by atoms with Gasteiger partial charge in [-0.1, -0.05) is 6.07 Å². The highest BCUT2D eigenvalue weighted by molar-refractivity contribution is 5.92. The number of hydrogen-bond acceptors (Lipinski definition) is 3. The van der Waals surface area contributed by atoms with E-state index in [1.165, 1.54) is 6.07 Å². The van der Waals surface area contributed by atoms with Crippen LogP contribution in [0, 0.1) is 18.7 Å². The summed E-state index contributed by atoms with van der Waals surface area (Å²) in [4.78, 5) is 26.4. The van der Waals surface area contributed by atoms with Gasteiger partial charge in [-0.25, -0.2) is 9.18 Å². The number of aromatic nitrogens is 2. The number of nitrogens with one attached hydrogen (secondary N) is 2. The molecule has 1 aromatic heterocycles. The number of likely N-dealkylation sites (tertiary alicyclic amines) is 1. The molecule has 2 aromatic rings. The van der Waals surface area contributed by atoms with E-state index in [4.69, 9.17) is 0 Å². The van der Waals surface area contributed by atoms with Crippen molar-refractivity contribution < 1.29 is 14.0 Å². The number of amides is 3. The molecule has 0 unspecified atom stereocenters. The van der Waals surface area contributed by atoms with Gasteiger partial charge in [-0.2, -0.15) is 5.10 Å². The lowest BCUT2D eigenvalue weighted by atomic mass is 9.93. The number of anilines is 1. The molecular formula is C21H28FN5O2. The van der Waals surface area contributed by atoms with E-state index in [2.05, 4.69) is 15.7 Å². The minimum Gasteiger partial charge on any atom is -0.351 e. The summed E-state index contributed by atoms with van der Waals surface area (Å²) in [7, 11) is 0. The summed E-state index contributed by atoms with van der Waals surface area (Å²) in [5, 5.41) is 9.83. The van der Waals surface area contributed by atoms with Crippen LogP contribution in [-0.2, 0) is 6.54 Å². The average Bonchev–Trinajstić information content (AvgIpc) is 3.20. The van der Waals surface area contributed by atoms with Gasteiger partial charge in [0.15, 0.2) is 0 Å². The molecular weight excluding hydrogens is 373 g/mol. The second-order valence-corrected chi connectivity index (χ2v) is 7.40. The monoisotopic (exact) mass is 401 g/mol. The fraction of sp³-hybridized carbons (Fsp3) is 0.476. The zero-order valence-electron chi connectivity index (χ0n) is 16.9. The van der Waals surface area contributed by atoms with Crippen molar-refractivity contribution in [2.45, 2.75) is 39.7 Å². The highest BCUT2D eigenvalue weighted by atomic mass is 19.1. The maximum atomic E-state index is 13.6. The van der Waals surface area contributed by atoms with Crippen molar-refractivity contribution in [2.75, 3.05) is 25.0 Å². The standard InChI is InChI=1S/C21H28FN5O2/c1-3-27-19(7-11-24-27)20(28)23-10-6-16-8-12-26(13-9-16)21(29)25-17-5-4-15(2)18(22)14-17/h4-5,7,11,14,16H,3,6,8-10,12-13H2,1-2H3,(H,23,28)(H,25,29). The number of carbonyl (C=O) groups excluding carboxylic acids is 2. The van der Waals surface area contributed by atoms with Gasteiger partial charge >= 0.3 is 6.03 Å². The summed E-state index contributed by atoms with van der Waals surface area (Å²) in [6.45, 7) is 6.21. The number of urea groups is 1. The molecule has 1 fully saturated rings. The predicted molar refractivity (Wildman–Crippen MR) is 109 cm³/mol. The zero-order chi connectivity index (χ0) is 20.8. The van der Waals surface area contributed by atoms with Gasteiger partial charge in [0.05, 0.1) is 0 Å². The number of rotatable bonds is 6. The first kappa shape index (κ1) is 20.8. The summed E-state index contributed by atoms with van der Waals surface area (Å²) >= 11 is 0. The summed E-state index contributed by atoms with van der Waals surface area (Å²) in [5.41, 5.74) is 1.59. The Hall–Kier alpha value is -2.90. The SMILES string of the molecule is CCn1nccc1C(=O)NCCC1CCN(C(=O)Nc2ccc(C)c(F)c2)CC1. The maximum absolute atomic E-state index is 13.6. The molecule has 1 aromatic carbocycles. The molecule has 1 saturated heterocycles. The van der Waals surface area contributed by atoms with Crippen molar-refractivity contribution in [3.05, 3.63) is 47.5 Å². The first-order valence-corrected chi connectivity index (χ1v) is 10.1. The Balaban J connectivity index is 1.39. The van der Waals surface area contributed by atoms with E-state index >= 15 is 0 Å². The predicted octanol–water partition coefficient (Wildman–Crippen LogP) is 3.41. The first-order valence-electron chi connectivity index (χ1n) is 10.1. The molecule has 0 radical (unpaired) electrons. The van der Waals surface area contributed by atoms with Crippen LogP contribution in [0.2, 0.25) is 0 Å². The van der Waals surface area contributed by atoms with Gasteiger partial charge in [0.25, 0.3) is 5.91 Å². The highest BCUT2D eigenvalue weighted by Crippen LogP contribution is 2.21. The quantitative estimate of drug-likeness (QED) is 0.778. The minimum absolute atomic E-state index is 0.105. The zero-order valence-corrected chi connectivity index (χ0v) is 16.9. The number of piperidine rings is 1. The number of hydrogen-bond donors (Lipinski definition) is 2.